The Kier molecular flexibility index (Phi) is 5.87. The quantitative estimate of drug-likeness (QED) is 0.461. The summed E-state index contributed by atoms with van der Waals surface area (Å²) in [4.78, 5) is 34.6. The molecule has 0 aliphatic carbocycles. The van der Waals surface area contributed by atoms with E-state index in [0.29, 0.717) is 11.3 Å². The molecule has 7 nitrogen and oxygen atoms in total. The van der Waals surface area contributed by atoms with Crippen LogP contribution in [0.5, 0.6) is 0 Å². The van der Waals surface area contributed by atoms with Gasteiger partial charge in [0.15, 0.2) is 6.10 Å². The summed E-state index contributed by atoms with van der Waals surface area (Å²) in [7, 11) is 0. The minimum atomic E-state index is -1.06. The van der Waals surface area contributed by atoms with Crippen molar-refractivity contribution >= 4 is 39.2 Å². The minimum absolute atomic E-state index is 0.0133. The van der Waals surface area contributed by atoms with Crippen molar-refractivity contribution in [2.45, 2.75) is 20.0 Å². The van der Waals surface area contributed by atoms with Crippen LogP contribution in [0.1, 0.15) is 22.8 Å². The van der Waals surface area contributed by atoms with E-state index in [1.807, 2.05) is 6.07 Å². The van der Waals surface area contributed by atoms with Crippen LogP contribution in [0.2, 0.25) is 0 Å². The van der Waals surface area contributed by atoms with Crippen LogP contribution in [0.3, 0.4) is 0 Å². The summed E-state index contributed by atoms with van der Waals surface area (Å²) in [5, 5.41) is 13.6. The summed E-state index contributed by atoms with van der Waals surface area (Å²) in [6, 6.07) is 11.0. The largest absolute Gasteiger partial charge is 0.449 e. The minimum Gasteiger partial charge on any atom is -0.449 e. The number of nitro groups is 1. The molecule has 130 valence electrons. The number of rotatable bonds is 5. The molecular weight excluding hydrogens is 392 g/mol. The Morgan fingerprint density at radius 3 is 2.60 bits per heavy atom. The zero-order chi connectivity index (χ0) is 18.6. The molecule has 8 heteroatoms. The number of aryl methyl sites for hydroxylation is 1. The summed E-state index contributed by atoms with van der Waals surface area (Å²) >= 11 is 3.29. The lowest BCUT2D eigenvalue weighted by Crippen LogP contribution is -2.30. The number of anilines is 1. The van der Waals surface area contributed by atoms with E-state index in [9.17, 15) is 19.7 Å². The van der Waals surface area contributed by atoms with Crippen LogP contribution in [0.25, 0.3) is 0 Å². The molecule has 1 N–H and O–H groups in total. The Morgan fingerprint density at radius 2 is 1.96 bits per heavy atom. The van der Waals surface area contributed by atoms with Crippen molar-refractivity contribution in [3.8, 4) is 0 Å². The molecule has 0 aliphatic heterocycles. The SMILES string of the molecule is Cc1ccc(C(=O)O[C@@H](C)C(=O)Nc2cccc(Br)c2)cc1[N+](=O)[O-]. The molecule has 0 fully saturated rings. The van der Waals surface area contributed by atoms with Gasteiger partial charge in [-0.05, 0) is 38.1 Å². The maximum Gasteiger partial charge on any atom is 0.339 e. The maximum atomic E-state index is 12.1. The average Bonchev–Trinajstić information content (AvgIpc) is 2.54. The Morgan fingerprint density at radius 1 is 1.24 bits per heavy atom. The third-order valence-corrected chi connectivity index (χ3v) is 3.88. The second kappa shape index (κ2) is 7.89. The van der Waals surface area contributed by atoms with E-state index in [0.717, 1.165) is 10.5 Å². The molecule has 0 saturated carbocycles. The first-order chi connectivity index (χ1) is 11.8. The third-order valence-electron chi connectivity index (χ3n) is 3.39. The molecule has 0 bridgehead atoms. The van der Waals surface area contributed by atoms with Crippen LogP contribution in [0.4, 0.5) is 11.4 Å². The highest BCUT2D eigenvalue weighted by Gasteiger charge is 2.21. The van der Waals surface area contributed by atoms with Crippen LogP contribution in [0.15, 0.2) is 46.9 Å². The fraction of sp³-hybridized carbons (Fsp3) is 0.176. The maximum absolute atomic E-state index is 12.1. The van der Waals surface area contributed by atoms with Crippen molar-refractivity contribution in [1.29, 1.82) is 0 Å². The van der Waals surface area contributed by atoms with Crippen molar-refractivity contribution in [3.63, 3.8) is 0 Å². The fourth-order valence-electron chi connectivity index (χ4n) is 2.03. The standard InChI is InChI=1S/C17H15BrN2O5/c1-10-6-7-12(8-15(10)20(23)24)17(22)25-11(2)16(21)19-14-5-3-4-13(18)9-14/h3-9,11H,1-2H3,(H,19,21)/t11-/m0/s1. The number of nitrogens with zero attached hydrogens (tertiary/aromatic N) is 1. The monoisotopic (exact) mass is 406 g/mol. The van der Waals surface area contributed by atoms with Gasteiger partial charge in [-0.3, -0.25) is 14.9 Å². The molecule has 0 radical (unpaired) electrons. The van der Waals surface area contributed by atoms with Crippen molar-refractivity contribution in [2.75, 3.05) is 5.32 Å². The number of carbonyl (C=O) groups excluding carboxylic acids is 2. The molecular formula is C17H15BrN2O5. The first-order valence-corrected chi connectivity index (χ1v) is 8.09. The fourth-order valence-corrected chi connectivity index (χ4v) is 2.42. The zero-order valence-electron chi connectivity index (χ0n) is 13.5. The lowest BCUT2D eigenvalue weighted by Gasteiger charge is -2.14. The van der Waals surface area contributed by atoms with Crippen LogP contribution >= 0.6 is 15.9 Å². The van der Waals surface area contributed by atoms with Gasteiger partial charge in [-0.2, -0.15) is 0 Å². The highest BCUT2D eigenvalue weighted by Crippen LogP contribution is 2.20. The third kappa shape index (κ3) is 4.87. The summed E-state index contributed by atoms with van der Waals surface area (Å²) in [6.45, 7) is 3.00. The molecule has 2 aromatic rings. The van der Waals surface area contributed by atoms with E-state index in [-0.39, 0.29) is 11.3 Å². The van der Waals surface area contributed by atoms with Gasteiger partial charge in [-0.1, -0.05) is 28.1 Å². The Bertz CT molecular complexity index is 838. The number of hydrogen-bond acceptors (Lipinski definition) is 5. The first kappa shape index (κ1) is 18.6. The Balaban J connectivity index is 2.05. The molecule has 1 atom stereocenters. The topological polar surface area (TPSA) is 98.5 Å². The Hall–Kier alpha value is -2.74. The van der Waals surface area contributed by atoms with Crippen molar-refractivity contribution in [1.82, 2.24) is 0 Å². The summed E-state index contributed by atoms with van der Waals surface area (Å²) in [5.41, 5.74) is 0.815. The molecule has 0 spiro atoms. The predicted molar refractivity (Wildman–Crippen MR) is 95.5 cm³/mol. The number of hydrogen-bond donors (Lipinski definition) is 1. The highest BCUT2D eigenvalue weighted by atomic mass is 79.9. The number of nitro benzene ring substituents is 1. The van der Waals surface area contributed by atoms with Crippen LogP contribution in [0, 0.1) is 17.0 Å². The van der Waals surface area contributed by atoms with Gasteiger partial charge in [0.1, 0.15) is 0 Å². The van der Waals surface area contributed by atoms with E-state index < -0.39 is 22.9 Å². The summed E-state index contributed by atoms with van der Waals surface area (Å²) < 4.78 is 5.88. The molecule has 2 aromatic carbocycles. The average molecular weight is 407 g/mol. The lowest BCUT2D eigenvalue weighted by atomic mass is 10.1. The summed E-state index contributed by atoms with van der Waals surface area (Å²) in [6.07, 6.45) is -1.06. The first-order valence-electron chi connectivity index (χ1n) is 7.30. The van der Waals surface area contributed by atoms with Gasteiger partial charge in [0.2, 0.25) is 0 Å². The highest BCUT2D eigenvalue weighted by molar-refractivity contribution is 9.10. The normalized spacial score (nSPS) is 11.5. The van der Waals surface area contributed by atoms with Gasteiger partial charge in [-0.25, -0.2) is 4.79 Å². The number of esters is 1. The molecule has 0 aromatic heterocycles. The van der Waals surface area contributed by atoms with Crippen molar-refractivity contribution in [2.24, 2.45) is 0 Å². The predicted octanol–water partition coefficient (Wildman–Crippen LogP) is 3.85. The number of carbonyl (C=O) groups is 2. The van der Waals surface area contributed by atoms with Crippen LogP contribution < -0.4 is 5.32 Å². The molecule has 0 heterocycles. The number of ether oxygens (including phenoxy) is 1. The molecule has 2 rings (SSSR count). The lowest BCUT2D eigenvalue weighted by molar-refractivity contribution is -0.385. The van der Waals surface area contributed by atoms with Gasteiger partial charge in [0.25, 0.3) is 11.6 Å². The molecule has 1 amide bonds. The Labute approximate surface area is 152 Å². The molecule has 25 heavy (non-hydrogen) atoms. The smallest absolute Gasteiger partial charge is 0.339 e. The second-order valence-corrected chi connectivity index (χ2v) is 6.22. The number of halogens is 1. The summed E-state index contributed by atoms with van der Waals surface area (Å²) in [5.74, 6) is -1.31. The van der Waals surface area contributed by atoms with E-state index in [4.69, 9.17) is 4.74 Å². The second-order valence-electron chi connectivity index (χ2n) is 5.31. The van der Waals surface area contributed by atoms with Crippen LogP contribution in [-0.2, 0) is 9.53 Å². The van der Waals surface area contributed by atoms with Crippen LogP contribution in [-0.4, -0.2) is 22.9 Å². The van der Waals surface area contributed by atoms with Crippen molar-refractivity contribution in [3.05, 3.63) is 68.2 Å². The van der Waals surface area contributed by atoms with Gasteiger partial charge in [-0.15, -0.1) is 0 Å². The van der Waals surface area contributed by atoms with Crippen molar-refractivity contribution < 1.29 is 19.2 Å². The van der Waals surface area contributed by atoms with Gasteiger partial charge in [0, 0.05) is 21.8 Å². The van der Waals surface area contributed by atoms with Gasteiger partial charge in [0.05, 0.1) is 10.5 Å². The number of nitrogens with one attached hydrogen (secondary N) is 1. The van der Waals surface area contributed by atoms with E-state index in [2.05, 4.69) is 21.2 Å². The molecule has 0 aliphatic rings. The molecule has 0 saturated heterocycles. The number of amides is 1. The van der Waals surface area contributed by atoms with Gasteiger partial charge < -0.3 is 10.1 Å². The number of benzene rings is 2. The van der Waals surface area contributed by atoms with E-state index >= 15 is 0 Å². The van der Waals surface area contributed by atoms with Gasteiger partial charge >= 0.3 is 5.97 Å². The molecule has 0 unspecified atom stereocenters. The van der Waals surface area contributed by atoms with E-state index in [1.54, 1.807) is 25.1 Å². The van der Waals surface area contributed by atoms with E-state index in [1.165, 1.54) is 19.1 Å². The zero-order valence-corrected chi connectivity index (χ0v) is 15.1.